The van der Waals surface area contributed by atoms with Crippen LogP contribution in [0, 0.1) is 11.2 Å². The van der Waals surface area contributed by atoms with E-state index in [2.05, 4.69) is 10.3 Å². The van der Waals surface area contributed by atoms with Crippen molar-refractivity contribution < 1.29 is 31.8 Å². The van der Waals surface area contributed by atoms with Gasteiger partial charge in [-0.05, 0) is 38.1 Å². The van der Waals surface area contributed by atoms with E-state index in [4.69, 9.17) is 38.0 Å². The lowest BCUT2D eigenvalue weighted by molar-refractivity contribution is -0.189. The van der Waals surface area contributed by atoms with E-state index in [0.29, 0.717) is 6.07 Å². The van der Waals surface area contributed by atoms with Crippen LogP contribution in [0.4, 0.5) is 23.4 Å². The normalized spacial score (nSPS) is 13.1. The molecule has 0 aliphatic heterocycles. The number of carbonyl (C=O) groups excluding carboxylic acids is 1. The van der Waals surface area contributed by atoms with Gasteiger partial charge in [-0.15, -0.1) is 0 Å². The zero-order valence-electron chi connectivity index (χ0n) is 17.6. The quantitative estimate of drug-likeness (QED) is 0.343. The molecule has 0 radical (unpaired) electrons. The van der Waals surface area contributed by atoms with Crippen molar-refractivity contribution in [3.8, 4) is 22.8 Å². The average Bonchev–Trinajstić information content (AvgIpc) is 2.71. The number of amides is 1. The van der Waals surface area contributed by atoms with Crippen LogP contribution in [0.25, 0.3) is 11.3 Å². The van der Waals surface area contributed by atoms with E-state index in [1.807, 2.05) is 0 Å². The molecular weight excluding hydrogens is 470 g/mol. The molecule has 1 aromatic carbocycles. The smallest absolute Gasteiger partial charge is 0.425 e. The number of methoxy groups -OCH3 is 1. The number of nitrogens with one attached hydrogen (secondary N) is 2. The lowest BCUT2D eigenvalue weighted by Crippen LogP contribution is -2.33. The molecule has 0 unspecified atom stereocenters. The molecule has 1 amide bonds. The minimum atomic E-state index is -4.78. The van der Waals surface area contributed by atoms with Crippen molar-refractivity contribution in [2.24, 2.45) is 5.73 Å². The number of aromatic nitrogens is 1. The van der Waals surface area contributed by atoms with Gasteiger partial charge in [0.1, 0.15) is 16.7 Å². The van der Waals surface area contributed by atoms with Crippen molar-refractivity contribution in [3.63, 3.8) is 0 Å². The lowest BCUT2D eigenvalue weighted by Gasteiger charge is -2.21. The van der Waals surface area contributed by atoms with Crippen molar-refractivity contribution >= 4 is 28.5 Å². The monoisotopic (exact) mass is 489 g/mol. The highest BCUT2D eigenvalue weighted by molar-refractivity contribution is 6.68. The fraction of sp³-hybridized carbons (Fsp3) is 0.250. The van der Waals surface area contributed by atoms with E-state index >= 15 is 0 Å². The molecule has 0 saturated heterocycles. The fourth-order valence-corrected chi connectivity index (χ4v) is 2.77. The Morgan fingerprint density at radius 2 is 1.91 bits per heavy atom. The molecule has 6 N–H and O–H groups in total. The van der Waals surface area contributed by atoms with E-state index < -0.39 is 40.5 Å². The summed E-state index contributed by atoms with van der Waals surface area (Å²) in [5.74, 6) is -2.58. The highest BCUT2D eigenvalue weighted by atomic mass is 35.5. The van der Waals surface area contributed by atoms with Gasteiger partial charge in [-0.3, -0.25) is 10.2 Å². The second-order valence-electron chi connectivity index (χ2n) is 6.74. The molecule has 0 aliphatic rings. The highest BCUT2D eigenvalue weighted by Gasteiger charge is 2.39. The van der Waals surface area contributed by atoms with Crippen LogP contribution < -0.4 is 26.3 Å². The first-order valence-electron chi connectivity index (χ1n) is 9.16. The van der Waals surface area contributed by atoms with Crippen molar-refractivity contribution in [3.05, 3.63) is 47.0 Å². The molecule has 2 aromatic rings. The van der Waals surface area contributed by atoms with Gasteiger partial charge < -0.3 is 26.3 Å². The largest absolute Gasteiger partial charge is 0.493 e. The van der Waals surface area contributed by atoms with Crippen molar-refractivity contribution in [1.82, 2.24) is 10.3 Å². The Bertz CT molecular complexity index is 1120. The summed E-state index contributed by atoms with van der Waals surface area (Å²) in [7, 11) is 1.35. The predicted octanol–water partition coefficient (Wildman–Crippen LogP) is 3.94. The number of rotatable bonds is 7. The van der Waals surface area contributed by atoms with Gasteiger partial charge in [0.05, 0.1) is 24.1 Å². The Kier molecular flexibility index (Phi) is 7.75. The topological polar surface area (TPSA) is 136 Å². The van der Waals surface area contributed by atoms with Crippen LogP contribution >= 0.6 is 11.6 Å². The maximum Gasteiger partial charge on any atom is 0.425 e. The molecule has 1 aromatic heterocycles. The second kappa shape index (κ2) is 9.94. The Hall–Kier alpha value is -3.54. The van der Waals surface area contributed by atoms with Gasteiger partial charge in [0.2, 0.25) is 0 Å². The molecule has 2 rings (SSSR count). The lowest BCUT2D eigenvalue weighted by atomic mass is 10.0. The van der Waals surface area contributed by atoms with Gasteiger partial charge in [-0.25, -0.2) is 9.37 Å². The minimum absolute atomic E-state index is 0.0387. The summed E-state index contributed by atoms with van der Waals surface area (Å²) in [6.07, 6.45) is -7.11. The van der Waals surface area contributed by atoms with E-state index in [1.54, 1.807) is 0 Å². The summed E-state index contributed by atoms with van der Waals surface area (Å²) >= 11 is 5.58. The summed E-state index contributed by atoms with van der Waals surface area (Å²) in [4.78, 5) is 16.7. The maximum absolute atomic E-state index is 14.9. The van der Waals surface area contributed by atoms with Crippen LogP contribution in [0.2, 0.25) is 0 Å². The molecule has 8 nitrogen and oxygen atoms in total. The molecular formula is C20H20ClF4N5O3. The number of carbonyl (C=O) groups is 1. The summed E-state index contributed by atoms with van der Waals surface area (Å²) in [5, 5.41) is 9.00. The molecule has 33 heavy (non-hydrogen) atoms. The van der Waals surface area contributed by atoms with Gasteiger partial charge in [-0.1, -0.05) is 11.6 Å². The second-order valence-corrected chi connectivity index (χ2v) is 7.12. The number of nitrogens with two attached hydrogens (primary N) is 2. The number of alkyl halides is 3. The van der Waals surface area contributed by atoms with Crippen LogP contribution in [0.1, 0.15) is 24.2 Å². The standard InChI is InChI=1S/C20H20ClF4N5O3/c1-8(26)16(17(21)27)30-19(31)11-6-12(22)10(7-15(11)33-9(2)20(23,24)25)13-4-5-14(32-3)18(28)29-13/h4-7,9,27H,26H2,1-3H3,(H2,28,29)(H,30,31)/t9-/m0/s1. The Balaban J connectivity index is 2.63. The Labute approximate surface area is 191 Å². The van der Waals surface area contributed by atoms with Crippen molar-refractivity contribution in [2.75, 3.05) is 12.8 Å². The molecule has 1 atom stereocenters. The molecule has 13 heteroatoms. The van der Waals surface area contributed by atoms with Crippen LogP contribution in [0.5, 0.6) is 11.5 Å². The van der Waals surface area contributed by atoms with Gasteiger partial charge in [0.25, 0.3) is 5.91 Å². The zero-order chi connectivity index (χ0) is 25.1. The number of allylic oxidation sites excluding steroid dienone is 2. The summed E-state index contributed by atoms with van der Waals surface area (Å²) in [6.45, 7) is 2.05. The first-order chi connectivity index (χ1) is 15.3. The highest BCUT2D eigenvalue weighted by Crippen LogP contribution is 2.34. The molecule has 1 heterocycles. The molecule has 178 valence electrons. The number of pyridine rings is 1. The van der Waals surface area contributed by atoms with Crippen molar-refractivity contribution in [2.45, 2.75) is 26.1 Å². The average molecular weight is 490 g/mol. The van der Waals surface area contributed by atoms with Gasteiger partial charge in [0.15, 0.2) is 17.7 Å². The van der Waals surface area contributed by atoms with Gasteiger partial charge in [0, 0.05) is 11.3 Å². The van der Waals surface area contributed by atoms with Crippen LogP contribution in [0.15, 0.2) is 35.7 Å². The number of halogens is 5. The number of nitrogens with zero attached hydrogens (tertiary/aromatic N) is 1. The molecule has 0 aliphatic carbocycles. The zero-order valence-corrected chi connectivity index (χ0v) is 18.4. The SMILES string of the molecule is COc1ccc(-c2cc(O[C@@H](C)C(F)(F)F)c(C(=O)NC(C(=N)Cl)=C(C)N)cc2F)nc1N. The Morgan fingerprint density at radius 3 is 2.39 bits per heavy atom. The van der Waals surface area contributed by atoms with E-state index in [9.17, 15) is 22.4 Å². The number of hydrogen-bond acceptors (Lipinski definition) is 7. The van der Waals surface area contributed by atoms with Crippen molar-refractivity contribution in [1.29, 1.82) is 5.41 Å². The molecule has 0 spiro atoms. The number of anilines is 1. The summed E-state index contributed by atoms with van der Waals surface area (Å²) in [6, 6.07) is 4.29. The predicted molar refractivity (Wildman–Crippen MR) is 115 cm³/mol. The van der Waals surface area contributed by atoms with Gasteiger partial charge in [-0.2, -0.15) is 13.2 Å². The number of hydrogen-bond donors (Lipinski definition) is 4. The summed E-state index contributed by atoms with van der Waals surface area (Å²) < 4.78 is 64.2. The third-order valence-electron chi connectivity index (χ3n) is 4.31. The first-order valence-corrected chi connectivity index (χ1v) is 9.54. The minimum Gasteiger partial charge on any atom is -0.493 e. The molecule has 0 saturated carbocycles. The van der Waals surface area contributed by atoms with Crippen LogP contribution in [-0.2, 0) is 0 Å². The fourth-order valence-electron chi connectivity index (χ4n) is 2.57. The third kappa shape index (κ3) is 6.04. The molecule has 0 bridgehead atoms. The number of benzene rings is 1. The number of ether oxygens (including phenoxy) is 2. The van der Waals surface area contributed by atoms with E-state index in [-0.39, 0.29) is 34.2 Å². The van der Waals surface area contributed by atoms with Crippen LogP contribution in [0.3, 0.4) is 0 Å². The first kappa shape index (κ1) is 25.7. The van der Waals surface area contributed by atoms with Gasteiger partial charge >= 0.3 is 6.18 Å². The Morgan fingerprint density at radius 1 is 1.27 bits per heavy atom. The third-order valence-corrected chi connectivity index (χ3v) is 4.50. The molecule has 0 fully saturated rings. The van der Waals surface area contributed by atoms with E-state index in [1.165, 1.54) is 26.2 Å². The van der Waals surface area contributed by atoms with Crippen LogP contribution in [-0.4, -0.2) is 35.5 Å². The summed E-state index contributed by atoms with van der Waals surface area (Å²) in [5.41, 5.74) is 10.0. The van der Waals surface area contributed by atoms with E-state index in [0.717, 1.165) is 13.0 Å². The maximum atomic E-state index is 14.9. The number of nitrogen functional groups attached to an aromatic ring is 1.